The number of hydrogen-bond acceptors (Lipinski definition) is 7. The monoisotopic (exact) mass is 543 g/mol. The zero-order valence-electron chi connectivity index (χ0n) is 23.7. The zero-order valence-corrected chi connectivity index (χ0v) is 23.7. The van der Waals surface area contributed by atoms with Crippen LogP contribution in [0.1, 0.15) is 65.6 Å². The smallest absolute Gasteiger partial charge is 0.320 e. The first kappa shape index (κ1) is 28.9. The van der Waals surface area contributed by atoms with Gasteiger partial charge >= 0.3 is 5.97 Å². The van der Waals surface area contributed by atoms with Crippen molar-refractivity contribution in [2.45, 2.75) is 78.6 Å². The third-order valence-electron chi connectivity index (χ3n) is 8.11. The molecule has 2 fully saturated rings. The number of rotatable bonds is 9. The summed E-state index contributed by atoms with van der Waals surface area (Å²) in [6, 6.07) is 3.52. The Labute approximate surface area is 230 Å². The number of methoxy groups -OCH3 is 1. The predicted molar refractivity (Wildman–Crippen MR) is 142 cm³/mol. The second kappa shape index (κ2) is 11.5. The maximum atomic E-state index is 13.9. The third kappa shape index (κ3) is 5.90. The van der Waals surface area contributed by atoms with Gasteiger partial charge in [-0.25, -0.2) is 0 Å². The van der Waals surface area contributed by atoms with Gasteiger partial charge in [0.25, 0.3) is 0 Å². The van der Waals surface area contributed by atoms with Crippen LogP contribution >= 0.6 is 0 Å². The maximum Gasteiger partial charge on any atom is 0.320 e. The third-order valence-corrected chi connectivity index (χ3v) is 8.11. The van der Waals surface area contributed by atoms with E-state index in [1.165, 1.54) is 13.4 Å². The molecule has 0 aliphatic carbocycles. The molecule has 0 aromatic carbocycles. The SMILES string of the molecule is COC(=O)[C@]12C[C@H](CC(=O)NCCCN3CCCC3=O)C(=O)N(Cc3ccco3)C1=C[C@H](C(C)(C)C)O[C@@H]2C. The number of ether oxygens (including phenoxy) is 2. The van der Waals surface area contributed by atoms with Crippen LogP contribution in [0.25, 0.3) is 0 Å². The molecule has 0 spiro atoms. The second-order valence-electron chi connectivity index (χ2n) is 11.9. The molecule has 3 aliphatic heterocycles. The van der Waals surface area contributed by atoms with Crippen molar-refractivity contribution in [2.75, 3.05) is 26.7 Å². The van der Waals surface area contributed by atoms with E-state index >= 15 is 0 Å². The molecule has 4 atom stereocenters. The van der Waals surface area contributed by atoms with Gasteiger partial charge in [0.05, 0.1) is 32.1 Å². The predicted octanol–water partition coefficient (Wildman–Crippen LogP) is 3.02. The van der Waals surface area contributed by atoms with E-state index in [-0.39, 0.29) is 48.6 Å². The molecule has 0 bridgehead atoms. The Bertz CT molecular complexity index is 1110. The van der Waals surface area contributed by atoms with Crippen LogP contribution in [-0.2, 0) is 35.2 Å². The number of furan rings is 1. The lowest BCUT2D eigenvalue weighted by Gasteiger charge is -2.52. The molecule has 0 saturated carbocycles. The second-order valence-corrected chi connectivity index (χ2v) is 11.9. The maximum absolute atomic E-state index is 13.9. The molecule has 0 unspecified atom stereocenters. The summed E-state index contributed by atoms with van der Waals surface area (Å²) in [6.07, 6.45) is 4.61. The molecule has 4 heterocycles. The van der Waals surface area contributed by atoms with Crippen LogP contribution < -0.4 is 5.32 Å². The minimum absolute atomic E-state index is 0.0718. The van der Waals surface area contributed by atoms with Crippen LogP contribution in [0.15, 0.2) is 34.6 Å². The molecule has 214 valence electrons. The molecular weight excluding hydrogens is 502 g/mol. The van der Waals surface area contributed by atoms with Crippen molar-refractivity contribution in [3.63, 3.8) is 0 Å². The summed E-state index contributed by atoms with van der Waals surface area (Å²) in [6.45, 7) is 9.85. The molecule has 39 heavy (non-hydrogen) atoms. The fraction of sp³-hybridized carbons (Fsp3) is 0.655. The van der Waals surface area contributed by atoms with E-state index in [1.807, 2.05) is 38.7 Å². The van der Waals surface area contributed by atoms with Crippen molar-refractivity contribution in [3.8, 4) is 0 Å². The summed E-state index contributed by atoms with van der Waals surface area (Å²) in [5.74, 6) is -1.05. The first-order valence-electron chi connectivity index (χ1n) is 13.8. The van der Waals surface area contributed by atoms with E-state index in [4.69, 9.17) is 13.9 Å². The van der Waals surface area contributed by atoms with Crippen LogP contribution in [-0.4, -0.2) is 72.4 Å². The highest BCUT2D eigenvalue weighted by Gasteiger charge is 2.60. The molecular formula is C29H41N3O7. The molecule has 2 saturated heterocycles. The largest absolute Gasteiger partial charge is 0.468 e. The quantitative estimate of drug-likeness (QED) is 0.376. The van der Waals surface area contributed by atoms with Gasteiger partial charge in [0.2, 0.25) is 17.7 Å². The molecule has 10 nitrogen and oxygen atoms in total. The fourth-order valence-electron chi connectivity index (χ4n) is 5.90. The van der Waals surface area contributed by atoms with Crippen LogP contribution in [0.4, 0.5) is 0 Å². The van der Waals surface area contributed by atoms with Crippen molar-refractivity contribution in [1.82, 2.24) is 15.1 Å². The van der Waals surface area contributed by atoms with E-state index < -0.39 is 23.4 Å². The Balaban J connectivity index is 1.57. The van der Waals surface area contributed by atoms with Crippen LogP contribution in [0.2, 0.25) is 0 Å². The number of amides is 3. The highest BCUT2D eigenvalue weighted by Crippen LogP contribution is 2.52. The number of nitrogens with one attached hydrogen (secondary N) is 1. The zero-order chi connectivity index (χ0) is 28.4. The van der Waals surface area contributed by atoms with Crippen molar-refractivity contribution >= 4 is 23.7 Å². The Morgan fingerprint density at radius 1 is 1.26 bits per heavy atom. The number of likely N-dealkylation sites (tertiary alicyclic amines) is 2. The first-order valence-corrected chi connectivity index (χ1v) is 13.8. The average molecular weight is 544 g/mol. The summed E-state index contributed by atoms with van der Waals surface area (Å²) in [5, 5.41) is 2.89. The Morgan fingerprint density at radius 2 is 2.03 bits per heavy atom. The van der Waals surface area contributed by atoms with Crippen LogP contribution in [0.3, 0.4) is 0 Å². The van der Waals surface area contributed by atoms with Gasteiger partial charge in [0, 0.05) is 44.1 Å². The summed E-state index contributed by atoms with van der Waals surface area (Å²) in [5.41, 5.74) is -0.987. The van der Waals surface area contributed by atoms with Gasteiger partial charge in [-0.15, -0.1) is 0 Å². The van der Waals surface area contributed by atoms with Crippen molar-refractivity contribution in [3.05, 3.63) is 35.9 Å². The minimum atomic E-state index is -1.25. The number of hydrogen-bond donors (Lipinski definition) is 1. The number of piperidine rings is 1. The van der Waals surface area contributed by atoms with E-state index in [2.05, 4.69) is 5.32 Å². The van der Waals surface area contributed by atoms with E-state index in [0.29, 0.717) is 37.4 Å². The van der Waals surface area contributed by atoms with E-state index in [0.717, 1.165) is 13.0 Å². The molecule has 3 aliphatic rings. The average Bonchev–Trinajstić information content (AvgIpc) is 3.55. The molecule has 10 heteroatoms. The van der Waals surface area contributed by atoms with Gasteiger partial charge in [0.15, 0.2) is 0 Å². The van der Waals surface area contributed by atoms with Gasteiger partial charge in [0.1, 0.15) is 11.2 Å². The fourth-order valence-corrected chi connectivity index (χ4v) is 5.90. The molecule has 1 N–H and O–H groups in total. The van der Waals surface area contributed by atoms with Crippen molar-refractivity contribution in [1.29, 1.82) is 0 Å². The lowest BCUT2D eigenvalue weighted by molar-refractivity contribution is -0.180. The highest BCUT2D eigenvalue weighted by molar-refractivity contribution is 5.92. The Hall–Kier alpha value is -3.14. The molecule has 1 aromatic heterocycles. The number of esters is 1. The summed E-state index contributed by atoms with van der Waals surface area (Å²) in [7, 11) is 1.33. The van der Waals surface area contributed by atoms with Gasteiger partial charge in [-0.1, -0.05) is 20.8 Å². The topological polar surface area (TPSA) is 118 Å². The van der Waals surface area contributed by atoms with Gasteiger partial charge < -0.3 is 29.0 Å². The summed E-state index contributed by atoms with van der Waals surface area (Å²) in [4.78, 5) is 55.6. The Kier molecular flexibility index (Phi) is 8.54. The lowest BCUT2D eigenvalue weighted by atomic mass is 9.65. The van der Waals surface area contributed by atoms with Crippen molar-refractivity contribution in [2.24, 2.45) is 16.7 Å². The summed E-state index contributed by atoms with van der Waals surface area (Å²) < 4.78 is 17.2. The lowest BCUT2D eigenvalue weighted by Crippen LogP contribution is -2.61. The molecule has 1 aromatic rings. The van der Waals surface area contributed by atoms with Gasteiger partial charge in [-0.05, 0) is 49.8 Å². The number of carbonyl (C=O) groups is 4. The Morgan fingerprint density at radius 3 is 2.64 bits per heavy atom. The normalized spacial score (nSPS) is 27.3. The minimum Gasteiger partial charge on any atom is -0.468 e. The standard InChI is InChI=1S/C29H41N3O7/c1-19-29(27(36)37-5)17-20(15-24(33)30-11-8-13-31-12-6-10-25(31)34)26(35)32(18-21-9-7-14-38-21)22(29)16-23(39-19)28(2,3)4/h7,9,14,16,19-20,23H,6,8,10-13,15,17-18H2,1-5H3,(H,30,33)/t19-,20+,23-,29+/m1/s1. The van der Waals surface area contributed by atoms with Crippen LogP contribution in [0.5, 0.6) is 0 Å². The van der Waals surface area contributed by atoms with E-state index in [1.54, 1.807) is 17.0 Å². The number of carbonyl (C=O) groups excluding carboxylic acids is 4. The molecule has 0 radical (unpaired) electrons. The first-order chi connectivity index (χ1) is 18.5. The molecule has 3 amide bonds. The van der Waals surface area contributed by atoms with Gasteiger partial charge in [-0.2, -0.15) is 0 Å². The van der Waals surface area contributed by atoms with Crippen molar-refractivity contribution < 1.29 is 33.1 Å². The van der Waals surface area contributed by atoms with Gasteiger partial charge in [-0.3, -0.25) is 19.2 Å². The van der Waals surface area contributed by atoms with Crippen LogP contribution in [0, 0.1) is 16.7 Å². The summed E-state index contributed by atoms with van der Waals surface area (Å²) >= 11 is 0. The van der Waals surface area contributed by atoms with E-state index in [9.17, 15) is 19.2 Å². The number of fused-ring (bicyclic) bond motifs is 1. The number of nitrogens with zero attached hydrogens (tertiary/aromatic N) is 2. The molecule has 4 rings (SSSR count). The highest BCUT2D eigenvalue weighted by atomic mass is 16.5.